The van der Waals surface area contributed by atoms with Gasteiger partial charge in [0.1, 0.15) is 11.4 Å². The molecule has 0 aliphatic carbocycles. The van der Waals surface area contributed by atoms with E-state index in [4.69, 9.17) is 9.47 Å². The molecule has 2 N–H and O–H groups in total. The zero-order valence-electron chi connectivity index (χ0n) is 19.0. The normalized spacial score (nSPS) is 13.5. The number of anilines is 1. The van der Waals surface area contributed by atoms with Crippen molar-refractivity contribution < 1.29 is 19.1 Å². The van der Waals surface area contributed by atoms with E-state index in [1.165, 1.54) is 0 Å². The van der Waals surface area contributed by atoms with Gasteiger partial charge in [-0.15, -0.1) is 0 Å². The molecule has 0 unspecified atom stereocenters. The smallest absolute Gasteiger partial charge is 0.410 e. The molecule has 0 spiro atoms. The molecule has 8 heteroatoms. The zero-order valence-corrected chi connectivity index (χ0v) is 19.0. The lowest BCUT2D eigenvalue weighted by molar-refractivity contribution is -0.116. The van der Waals surface area contributed by atoms with Crippen molar-refractivity contribution in [2.24, 2.45) is 0 Å². The Bertz CT molecular complexity index is 925. The second kappa shape index (κ2) is 9.41. The fraction of sp³-hybridized carbons (Fsp3) is 0.522. The van der Waals surface area contributed by atoms with Crippen LogP contribution in [0.15, 0.2) is 18.2 Å². The Morgan fingerprint density at radius 3 is 2.61 bits per heavy atom. The fourth-order valence-electron chi connectivity index (χ4n) is 3.51. The lowest BCUT2D eigenvalue weighted by Crippen LogP contribution is -2.40. The summed E-state index contributed by atoms with van der Waals surface area (Å²) >= 11 is 0. The quantitative estimate of drug-likeness (QED) is 0.675. The summed E-state index contributed by atoms with van der Waals surface area (Å²) in [6, 6.07) is 6.02. The van der Waals surface area contributed by atoms with E-state index in [9.17, 15) is 9.59 Å². The molecule has 1 aromatic heterocycles. The molecule has 2 amide bonds. The summed E-state index contributed by atoms with van der Waals surface area (Å²) < 4.78 is 11.3. The van der Waals surface area contributed by atoms with Crippen molar-refractivity contribution in [3.63, 3.8) is 0 Å². The number of nitrogens with one attached hydrogen (secondary N) is 2. The third kappa shape index (κ3) is 5.99. The Kier molecular flexibility index (Phi) is 6.87. The number of carbonyl (C=O) groups excluding carboxylic acids is 2. The molecule has 2 aromatic rings. The number of aryl methyl sites for hydroxylation is 2. The summed E-state index contributed by atoms with van der Waals surface area (Å²) in [4.78, 5) is 26.4. The molecule has 8 nitrogen and oxygen atoms in total. The van der Waals surface area contributed by atoms with Crippen molar-refractivity contribution >= 4 is 17.8 Å². The second-order valence-electron chi connectivity index (χ2n) is 8.90. The number of hydrogen-bond acceptors (Lipinski definition) is 5. The molecule has 0 atom stereocenters. The van der Waals surface area contributed by atoms with Crippen LogP contribution in [0, 0.1) is 13.8 Å². The summed E-state index contributed by atoms with van der Waals surface area (Å²) in [5.74, 6) is 1.23. The molecular weight excluding hydrogens is 396 g/mol. The van der Waals surface area contributed by atoms with Crippen LogP contribution in [0.2, 0.25) is 0 Å². The number of carbonyl (C=O) groups is 2. The summed E-state index contributed by atoms with van der Waals surface area (Å²) in [5, 5.41) is 10.1. The maximum absolute atomic E-state index is 12.4. The van der Waals surface area contributed by atoms with Gasteiger partial charge in [0, 0.05) is 30.6 Å². The molecule has 1 aliphatic heterocycles. The average Bonchev–Trinajstić information content (AvgIpc) is 3.07. The van der Waals surface area contributed by atoms with E-state index >= 15 is 0 Å². The molecule has 1 aromatic carbocycles. The van der Waals surface area contributed by atoms with Crippen molar-refractivity contribution in [2.45, 2.75) is 66.0 Å². The van der Waals surface area contributed by atoms with Crippen LogP contribution in [0.3, 0.4) is 0 Å². The first-order valence-corrected chi connectivity index (χ1v) is 10.7. The molecule has 0 bridgehead atoms. The summed E-state index contributed by atoms with van der Waals surface area (Å²) in [6.45, 7) is 10.9. The molecule has 31 heavy (non-hydrogen) atoms. The number of benzene rings is 1. The van der Waals surface area contributed by atoms with Gasteiger partial charge in [-0.3, -0.25) is 9.89 Å². The Morgan fingerprint density at radius 1 is 1.23 bits per heavy atom. The first-order chi connectivity index (χ1) is 14.6. The third-order valence-corrected chi connectivity index (χ3v) is 5.05. The van der Waals surface area contributed by atoms with E-state index in [0.717, 1.165) is 28.1 Å². The fourth-order valence-corrected chi connectivity index (χ4v) is 3.51. The monoisotopic (exact) mass is 428 g/mol. The maximum atomic E-state index is 12.4. The number of amides is 2. The van der Waals surface area contributed by atoms with Crippen LogP contribution in [0.1, 0.15) is 56.0 Å². The molecule has 3 rings (SSSR count). The number of aromatic nitrogens is 2. The van der Waals surface area contributed by atoms with Gasteiger partial charge in [0.25, 0.3) is 0 Å². The van der Waals surface area contributed by atoms with E-state index in [2.05, 4.69) is 15.5 Å². The lowest BCUT2D eigenvalue weighted by atomic mass is 10.1. The van der Waals surface area contributed by atoms with Crippen LogP contribution in [0.25, 0.3) is 0 Å². The maximum Gasteiger partial charge on any atom is 0.410 e. The van der Waals surface area contributed by atoms with Gasteiger partial charge in [-0.2, -0.15) is 5.10 Å². The highest BCUT2D eigenvalue weighted by molar-refractivity contribution is 5.90. The van der Waals surface area contributed by atoms with Crippen LogP contribution < -0.4 is 10.1 Å². The predicted molar refractivity (Wildman–Crippen MR) is 118 cm³/mol. The van der Waals surface area contributed by atoms with Crippen molar-refractivity contribution in [1.82, 2.24) is 15.1 Å². The van der Waals surface area contributed by atoms with Crippen molar-refractivity contribution in [2.75, 3.05) is 18.5 Å². The van der Waals surface area contributed by atoms with Gasteiger partial charge in [0.2, 0.25) is 5.91 Å². The van der Waals surface area contributed by atoms with E-state index < -0.39 is 5.60 Å². The molecular formula is C23H32N4O4. The lowest BCUT2D eigenvalue weighted by Gasteiger charge is -2.30. The van der Waals surface area contributed by atoms with E-state index in [-0.39, 0.29) is 12.0 Å². The molecule has 0 saturated heterocycles. The number of H-pyrrole nitrogens is 1. The van der Waals surface area contributed by atoms with Crippen LogP contribution >= 0.6 is 0 Å². The number of fused-ring (bicyclic) bond motifs is 1. The Hall–Kier alpha value is -3.03. The minimum Gasteiger partial charge on any atom is -0.493 e. The Morgan fingerprint density at radius 2 is 1.94 bits per heavy atom. The number of hydrogen-bond donors (Lipinski definition) is 2. The molecule has 0 radical (unpaired) electrons. The van der Waals surface area contributed by atoms with Gasteiger partial charge >= 0.3 is 6.09 Å². The molecule has 1 aliphatic rings. The van der Waals surface area contributed by atoms with Gasteiger partial charge in [-0.1, -0.05) is 18.2 Å². The van der Waals surface area contributed by atoms with Crippen LogP contribution in [-0.4, -0.2) is 45.9 Å². The standard InChI is InChI=1S/C23H32N4O4/c1-15-8-6-9-16(2)20(15)30-13-7-10-19(28)24-21-17-14-27(12-11-18(17)25-26-21)22(29)31-23(3,4)5/h6,8-9H,7,10-14H2,1-5H3,(H2,24,25,26,28). The zero-order chi connectivity index (χ0) is 22.6. The third-order valence-electron chi connectivity index (χ3n) is 5.05. The van der Waals surface area contributed by atoms with Crippen molar-refractivity contribution in [3.8, 4) is 5.75 Å². The molecule has 0 fully saturated rings. The first-order valence-electron chi connectivity index (χ1n) is 10.7. The molecule has 2 heterocycles. The number of aromatic amines is 1. The number of nitrogens with zero attached hydrogens (tertiary/aromatic N) is 2. The highest BCUT2D eigenvalue weighted by atomic mass is 16.6. The first kappa shape index (κ1) is 22.7. The summed E-state index contributed by atoms with van der Waals surface area (Å²) in [5.41, 5.74) is 3.39. The Balaban J connectivity index is 1.51. The largest absolute Gasteiger partial charge is 0.493 e. The van der Waals surface area contributed by atoms with Crippen LogP contribution in [0.5, 0.6) is 5.75 Å². The van der Waals surface area contributed by atoms with Crippen molar-refractivity contribution in [1.29, 1.82) is 0 Å². The van der Waals surface area contributed by atoms with Gasteiger partial charge in [-0.05, 0) is 52.2 Å². The second-order valence-corrected chi connectivity index (χ2v) is 8.90. The number of para-hydroxylation sites is 1. The molecule has 168 valence electrons. The topological polar surface area (TPSA) is 96.5 Å². The highest BCUT2D eigenvalue weighted by Gasteiger charge is 2.29. The minimum absolute atomic E-state index is 0.131. The highest BCUT2D eigenvalue weighted by Crippen LogP contribution is 2.26. The predicted octanol–water partition coefficient (Wildman–Crippen LogP) is 4.12. The van der Waals surface area contributed by atoms with Gasteiger partial charge in [0.05, 0.1) is 13.2 Å². The summed E-state index contributed by atoms with van der Waals surface area (Å²) in [6.07, 6.45) is 1.19. The van der Waals surface area contributed by atoms with Crippen molar-refractivity contribution in [3.05, 3.63) is 40.6 Å². The number of ether oxygens (including phenoxy) is 2. The van der Waals surface area contributed by atoms with Gasteiger partial charge in [-0.25, -0.2) is 4.79 Å². The van der Waals surface area contributed by atoms with E-state index in [1.807, 2.05) is 52.8 Å². The van der Waals surface area contributed by atoms with Crippen LogP contribution in [-0.2, 0) is 22.5 Å². The molecule has 0 saturated carbocycles. The Labute approximate surface area is 183 Å². The number of rotatable bonds is 6. The van der Waals surface area contributed by atoms with E-state index in [1.54, 1.807) is 4.90 Å². The summed E-state index contributed by atoms with van der Waals surface area (Å²) in [7, 11) is 0. The van der Waals surface area contributed by atoms with Crippen LogP contribution in [0.4, 0.5) is 10.6 Å². The minimum atomic E-state index is -0.552. The van der Waals surface area contributed by atoms with Gasteiger partial charge < -0.3 is 19.7 Å². The SMILES string of the molecule is Cc1cccc(C)c1OCCCC(=O)Nc1n[nH]c2c1CN(C(=O)OC(C)(C)C)CC2. The van der Waals surface area contributed by atoms with E-state index in [0.29, 0.717) is 44.8 Å². The van der Waals surface area contributed by atoms with Gasteiger partial charge in [0.15, 0.2) is 5.82 Å². The average molecular weight is 429 g/mol.